The maximum Gasteiger partial charge on any atom is 0.257 e. The third-order valence-corrected chi connectivity index (χ3v) is 6.68. The predicted molar refractivity (Wildman–Crippen MR) is 144 cm³/mol. The molecule has 202 valence electrons. The number of nitrogens with zero attached hydrogens (tertiary/aromatic N) is 1. The van der Waals surface area contributed by atoms with Crippen molar-refractivity contribution in [1.82, 2.24) is 4.90 Å². The maximum atomic E-state index is 13.1. The van der Waals surface area contributed by atoms with Gasteiger partial charge in [-0.05, 0) is 30.2 Å². The van der Waals surface area contributed by atoms with E-state index in [2.05, 4.69) is 12.1 Å². The van der Waals surface area contributed by atoms with Gasteiger partial charge in [0.25, 0.3) is 5.91 Å². The molecular formula is C30H35NO7. The quantitative estimate of drug-likeness (QED) is 0.384. The summed E-state index contributed by atoms with van der Waals surface area (Å²) in [4.78, 5) is 14.9. The van der Waals surface area contributed by atoms with Gasteiger partial charge in [0.1, 0.15) is 12.4 Å². The van der Waals surface area contributed by atoms with Gasteiger partial charge in [0.05, 0.1) is 47.2 Å². The number of hydrogen-bond donors (Lipinski definition) is 0. The highest BCUT2D eigenvalue weighted by Gasteiger charge is 2.25. The Hall–Kier alpha value is -3.91. The summed E-state index contributed by atoms with van der Waals surface area (Å²) in [6.45, 7) is 4.58. The Morgan fingerprint density at radius 2 is 1.45 bits per heavy atom. The van der Waals surface area contributed by atoms with E-state index in [1.165, 1.54) is 0 Å². The van der Waals surface area contributed by atoms with Crippen molar-refractivity contribution in [2.75, 3.05) is 54.7 Å². The molecule has 3 aromatic carbocycles. The molecule has 8 heteroatoms. The Morgan fingerprint density at radius 1 is 0.816 bits per heavy atom. The van der Waals surface area contributed by atoms with E-state index in [0.29, 0.717) is 73.6 Å². The van der Waals surface area contributed by atoms with Crippen LogP contribution in [0.5, 0.6) is 28.7 Å². The molecule has 4 rings (SSSR count). The lowest BCUT2D eigenvalue weighted by molar-refractivity contribution is 0.0300. The summed E-state index contributed by atoms with van der Waals surface area (Å²) in [7, 11) is 6.39. The zero-order valence-electron chi connectivity index (χ0n) is 22.7. The Kier molecular flexibility index (Phi) is 8.97. The number of ether oxygens (including phenoxy) is 6. The summed E-state index contributed by atoms with van der Waals surface area (Å²) in [5.74, 6) is 2.74. The van der Waals surface area contributed by atoms with E-state index in [-0.39, 0.29) is 5.91 Å². The first-order valence-corrected chi connectivity index (χ1v) is 12.5. The second-order valence-electron chi connectivity index (χ2n) is 8.92. The topological polar surface area (TPSA) is 75.7 Å². The summed E-state index contributed by atoms with van der Waals surface area (Å²) < 4.78 is 34.1. The number of carbonyl (C=O) groups is 1. The van der Waals surface area contributed by atoms with E-state index in [4.69, 9.17) is 28.4 Å². The van der Waals surface area contributed by atoms with Crippen LogP contribution in [0.2, 0.25) is 0 Å². The summed E-state index contributed by atoms with van der Waals surface area (Å²) >= 11 is 0. The van der Waals surface area contributed by atoms with Crippen LogP contribution in [0.15, 0.2) is 48.5 Å². The lowest BCUT2D eigenvalue weighted by Crippen LogP contribution is -2.40. The summed E-state index contributed by atoms with van der Waals surface area (Å²) in [6.07, 6.45) is 0.589. The first-order valence-electron chi connectivity index (χ1n) is 12.5. The lowest BCUT2D eigenvalue weighted by Gasteiger charge is -2.27. The molecule has 0 N–H and O–H groups in total. The van der Waals surface area contributed by atoms with Crippen molar-refractivity contribution < 1.29 is 33.2 Å². The lowest BCUT2D eigenvalue weighted by atomic mass is 9.96. The fourth-order valence-corrected chi connectivity index (χ4v) is 4.77. The van der Waals surface area contributed by atoms with Gasteiger partial charge in [-0.25, -0.2) is 0 Å². The predicted octanol–water partition coefficient (Wildman–Crippen LogP) is 4.67. The molecule has 1 fully saturated rings. The number of benzene rings is 3. The first-order chi connectivity index (χ1) is 18.5. The fourth-order valence-electron chi connectivity index (χ4n) is 4.77. The van der Waals surface area contributed by atoms with Gasteiger partial charge in [0.15, 0.2) is 11.5 Å². The molecule has 1 aliphatic heterocycles. The van der Waals surface area contributed by atoms with Gasteiger partial charge in [-0.15, -0.1) is 0 Å². The van der Waals surface area contributed by atoms with E-state index in [9.17, 15) is 4.79 Å². The van der Waals surface area contributed by atoms with Crippen molar-refractivity contribution in [1.29, 1.82) is 0 Å². The number of carbonyl (C=O) groups excluding carboxylic acids is 1. The van der Waals surface area contributed by atoms with Gasteiger partial charge in [0, 0.05) is 30.6 Å². The SMILES string of the molecule is COc1c(C)c(Cc2cccc(COc3ccccc3C(=O)N3CCOCC3)c2)c(OC)c(OC)c1OC. The van der Waals surface area contributed by atoms with Crippen LogP contribution >= 0.6 is 0 Å². The molecule has 1 saturated heterocycles. The number of rotatable bonds is 10. The van der Waals surface area contributed by atoms with Crippen LogP contribution in [0.3, 0.4) is 0 Å². The average molecular weight is 522 g/mol. The number of morpholine rings is 1. The van der Waals surface area contributed by atoms with Crippen LogP contribution in [-0.4, -0.2) is 65.5 Å². The second kappa shape index (κ2) is 12.6. The van der Waals surface area contributed by atoms with Crippen molar-refractivity contribution in [3.05, 3.63) is 76.3 Å². The largest absolute Gasteiger partial charge is 0.492 e. The van der Waals surface area contributed by atoms with Crippen molar-refractivity contribution in [2.24, 2.45) is 0 Å². The van der Waals surface area contributed by atoms with E-state index in [1.807, 2.05) is 43.3 Å². The Morgan fingerprint density at radius 3 is 2.13 bits per heavy atom. The smallest absolute Gasteiger partial charge is 0.257 e. The highest BCUT2D eigenvalue weighted by Crippen LogP contribution is 2.49. The van der Waals surface area contributed by atoms with Gasteiger partial charge in [-0.1, -0.05) is 36.4 Å². The maximum absolute atomic E-state index is 13.1. The second-order valence-corrected chi connectivity index (χ2v) is 8.92. The molecule has 0 aliphatic carbocycles. The van der Waals surface area contributed by atoms with Crippen molar-refractivity contribution in [3.8, 4) is 28.7 Å². The van der Waals surface area contributed by atoms with Crippen LogP contribution in [0, 0.1) is 6.92 Å². The molecule has 3 aromatic rings. The average Bonchev–Trinajstić information content (AvgIpc) is 2.97. The molecule has 38 heavy (non-hydrogen) atoms. The molecule has 0 bridgehead atoms. The Balaban J connectivity index is 1.56. The van der Waals surface area contributed by atoms with Crippen LogP contribution in [-0.2, 0) is 17.8 Å². The van der Waals surface area contributed by atoms with Crippen LogP contribution in [0.4, 0.5) is 0 Å². The minimum absolute atomic E-state index is 0.0392. The van der Waals surface area contributed by atoms with Crippen LogP contribution in [0.1, 0.15) is 32.6 Å². The van der Waals surface area contributed by atoms with E-state index in [1.54, 1.807) is 33.3 Å². The highest BCUT2D eigenvalue weighted by atomic mass is 16.5. The zero-order valence-corrected chi connectivity index (χ0v) is 22.7. The molecule has 8 nitrogen and oxygen atoms in total. The molecule has 0 radical (unpaired) electrons. The molecule has 0 unspecified atom stereocenters. The van der Waals surface area contributed by atoms with E-state index in [0.717, 1.165) is 22.3 Å². The zero-order chi connectivity index (χ0) is 27.1. The normalized spacial score (nSPS) is 13.1. The molecular weight excluding hydrogens is 486 g/mol. The van der Waals surface area contributed by atoms with Gasteiger partial charge in [-0.3, -0.25) is 4.79 Å². The minimum Gasteiger partial charge on any atom is -0.492 e. The highest BCUT2D eigenvalue weighted by molar-refractivity contribution is 5.97. The monoisotopic (exact) mass is 521 g/mol. The number of amides is 1. The first kappa shape index (κ1) is 27.1. The number of methoxy groups -OCH3 is 4. The molecule has 0 aromatic heterocycles. The minimum atomic E-state index is -0.0392. The number of hydrogen-bond acceptors (Lipinski definition) is 7. The molecule has 1 heterocycles. The third-order valence-electron chi connectivity index (χ3n) is 6.68. The van der Waals surface area contributed by atoms with Gasteiger partial charge in [-0.2, -0.15) is 0 Å². The molecule has 1 aliphatic rings. The molecule has 0 atom stereocenters. The van der Waals surface area contributed by atoms with Crippen molar-refractivity contribution in [2.45, 2.75) is 20.0 Å². The van der Waals surface area contributed by atoms with Crippen molar-refractivity contribution >= 4 is 5.91 Å². The molecule has 1 amide bonds. The summed E-state index contributed by atoms with van der Waals surface area (Å²) in [5, 5.41) is 0. The van der Waals surface area contributed by atoms with Crippen LogP contribution < -0.4 is 23.7 Å². The van der Waals surface area contributed by atoms with Crippen LogP contribution in [0.25, 0.3) is 0 Å². The summed E-state index contributed by atoms with van der Waals surface area (Å²) in [6, 6.07) is 15.5. The Labute approximate surface area is 224 Å². The van der Waals surface area contributed by atoms with Crippen molar-refractivity contribution in [3.63, 3.8) is 0 Å². The van der Waals surface area contributed by atoms with E-state index < -0.39 is 0 Å². The van der Waals surface area contributed by atoms with Gasteiger partial charge >= 0.3 is 0 Å². The van der Waals surface area contributed by atoms with Gasteiger partial charge < -0.3 is 33.3 Å². The molecule has 0 spiro atoms. The van der Waals surface area contributed by atoms with E-state index >= 15 is 0 Å². The molecule has 0 saturated carbocycles. The fraction of sp³-hybridized carbons (Fsp3) is 0.367. The number of para-hydroxylation sites is 1. The third kappa shape index (κ3) is 5.65. The Bertz CT molecular complexity index is 1270. The standard InChI is InChI=1S/C30H35NO7/c1-20-24(27(34-3)29(36-5)28(35-4)26(20)33-2)18-21-9-8-10-22(17-21)19-38-25-12-7-6-11-23(25)30(32)31-13-15-37-16-14-31/h6-12,17H,13-16,18-19H2,1-5H3. The van der Waals surface area contributed by atoms with Gasteiger partial charge in [0.2, 0.25) is 11.5 Å². The summed E-state index contributed by atoms with van der Waals surface area (Å²) in [5.41, 5.74) is 4.48.